The molecule has 0 radical (unpaired) electrons. The molecule has 1 amide bonds. The van der Waals surface area contributed by atoms with Crippen molar-refractivity contribution in [3.63, 3.8) is 0 Å². The molecule has 0 spiro atoms. The van der Waals surface area contributed by atoms with Crippen molar-refractivity contribution in [1.29, 1.82) is 0 Å². The molecule has 0 saturated heterocycles. The molecule has 1 N–H and O–H groups in total. The number of nitrogens with one attached hydrogen (secondary N) is 1. The van der Waals surface area contributed by atoms with E-state index in [0.29, 0.717) is 22.4 Å². The SMILES string of the molecule is O=C(Nc1nn(Cc2cccc(F)c2)cc1Cl)C1CC1c1ccc(Cl)cc1. The number of carbonyl (C=O) groups is 1. The maximum Gasteiger partial charge on any atom is 0.229 e. The molecule has 4 nitrogen and oxygen atoms in total. The molecule has 1 aromatic heterocycles. The summed E-state index contributed by atoms with van der Waals surface area (Å²) in [7, 11) is 0. The summed E-state index contributed by atoms with van der Waals surface area (Å²) in [6, 6.07) is 13.8. The summed E-state index contributed by atoms with van der Waals surface area (Å²) in [4.78, 5) is 12.5. The first-order chi connectivity index (χ1) is 13.0. The van der Waals surface area contributed by atoms with E-state index in [1.165, 1.54) is 12.1 Å². The van der Waals surface area contributed by atoms with Crippen LogP contribution < -0.4 is 5.32 Å². The molecule has 1 fully saturated rings. The highest BCUT2D eigenvalue weighted by Crippen LogP contribution is 2.48. The fourth-order valence-electron chi connectivity index (χ4n) is 3.16. The quantitative estimate of drug-likeness (QED) is 0.642. The predicted molar refractivity (Wildman–Crippen MR) is 104 cm³/mol. The van der Waals surface area contributed by atoms with Crippen LogP contribution in [0.1, 0.15) is 23.5 Å². The molecule has 1 aliphatic rings. The van der Waals surface area contributed by atoms with E-state index in [9.17, 15) is 9.18 Å². The van der Waals surface area contributed by atoms with Gasteiger partial charge < -0.3 is 5.32 Å². The molecule has 4 rings (SSSR count). The van der Waals surface area contributed by atoms with E-state index in [2.05, 4.69) is 10.4 Å². The number of rotatable bonds is 5. The Morgan fingerprint density at radius 1 is 1.22 bits per heavy atom. The van der Waals surface area contributed by atoms with Crippen molar-refractivity contribution in [2.75, 3.05) is 5.32 Å². The van der Waals surface area contributed by atoms with Gasteiger partial charge in [0.1, 0.15) is 10.8 Å². The Balaban J connectivity index is 1.40. The van der Waals surface area contributed by atoms with E-state index in [-0.39, 0.29) is 23.6 Å². The molecule has 7 heteroatoms. The molecule has 2 atom stereocenters. The van der Waals surface area contributed by atoms with Gasteiger partial charge in [-0.2, -0.15) is 5.10 Å². The fraction of sp³-hybridized carbons (Fsp3) is 0.200. The van der Waals surface area contributed by atoms with Gasteiger partial charge in [-0.25, -0.2) is 4.39 Å². The van der Waals surface area contributed by atoms with Crippen molar-refractivity contribution >= 4 is 34.9 Å². The van der Waals surface area contributed by atoms with E-state index in [4.69, 9.17) is 23.2 Å². The van der Waals surface area contributed by atoms with Gasteiger partial charge in [-0.05, 0) is 47.7 Å². The Kier molecular flexibility index (Phi) is 4.89. The van der Waals surface area contributed by atoms with Crippen molar-refractivity contribution in [2.24, 2.45) is 5.92 Å². The van der Waals surface area contributed by atoms with Crippen molar-refractivity contribution in [3.05, 3.63) is 81.7 Å². The van der Waals surface area contributed by atoms with Crippen LogP contribution in [-0.2, 0) is 11.3 Å². The number of halogens is 3. The summed E-state index contributed by atoms with van der Waals surface area (Å²) in [6.07, 6.45) is 2.40. The molecule has 3 aromatic rings. The summed E-state index contributed by atoms with van der Waals surface area (Å²) >= 11 is 12.1. The molecule has 2 aromatic carbocycles. The van der Waals surface area contributed by atoms with Crippen LogP contribution in [-0.4, -0.2) is 15.7 Å². The highest BCUT2D eigenvalue weighted by Gasteiger charge is 2.44. The Hall–Kier alpha value is -2.37. The molecule has 2 unspecified atom stereocenters. The number of nitrogens with zero attached hydrogens (tertiary/aromatic N) is 2. The third-order valence-electron chi connectivity index (χ3n) is 4.62. The number of amides is 1. The molecule has 1 heterocycles. The monoisotopic (exact) mass is 403 g/mol. The van der Waals surface area contributed by atoms with Crippen LogP contribution in [0.2, 0.25) is 10.0 Å². The number of hydrogen-bond acceptors (Lipinski definition) is 2. The molecule has 138 valence electrons. The van der Waals surface area contributed by atoms with Gasteiger partial charge in [0.2, 0.25) is 5.91 Å². The van der Waals surface area contributed by atoms with E-state index in [0.717, 1.165) is 17.5 Å². The average Bonchev–Trinajstić information content (AvgIpc) is 3.35. The number of anilines is 1. The first-order valence-electron chi connectivity index (χ1n) is 8.53. The van der Waals surface area contributed by atoms with Crippen molar-refractivity contribution < 1.29 is 9.18 Å². The lowest BCUT2D eigenvalue weighted by Crippen LogP contribution is -2.15. The fourth-order valence-corrected chi connectivity index (χ4v) is 3.48. The zero-order chi connectivity index (χ0) is 19.0. The largest absolute Gasteiger partial charge is 0.308 e. The highest BCUT2D eigenvalue weighted by atomic mass is 35.5. The van der Waals surface area contributed by atoms with Crippen LogP contribution in [0, 0.1) is 11.7 Å². The van der Waals surface area contributed by atoms with Crippen molar-refractivity contribution in [1.82, 2.24) is 9.78 Å². The molecule has 1 aliphatic carbocycles. The Bertz CT molecular complexity index is 987. The van der Waals surface area contributed by atoms with Gasteiger partial charge in [0.25, 0.3) is 0 Å². The minimum atomic E-state index is -0.304. The second-order valence-corrected chi connectivity index (χ2v) is 7.49. The molecular weight excluding hydrogens is 388 g/mol. The smallest absolute Gasteiger partial charge is 0.229 e. The average molecular weight is 404 g/mol. The topological polar surface area (TPSA) is 46.9 Å². The van der Waals surface area contributed by atoms with Gasteiger partial charge in [0.05, 0.1) is 6.54 Å². The number of aromatic nitrogens is 2. The van der Waals surface area contributed by atoms with Crippen LogP contribution in [0.25, 0.3) is 0 Å². The highest BCUT2D eigenvalue weighted by molar-refractivity contribution is 6.33. The minimum absolute atomic E-state index is 0.101. The number of benzene rings is 2. The first kappa shape index (κ1) is 18.0. The van der Waals surface area contributed by atoms with E-state index >= 15 is 0 Å². The summed E-state index contributed by atoms with van der Waals surface area (Å²) < 4.78 is 14.9. The Morgan fingerprint density at radius 3 is 2.74 bits per heavy atom. The Morgan fingerprint density at radius 2 is 2.00 bits per heavy atom. The van der Waals surface area contributed by atoms with Gasteiger partial charge in [0.15, 0.2) is 5.82 Å². The summed E-state index contributed by atoms with van der Waals surface area (Å²) in [6.45, 7) is 0.365. The lowest BCUT2D eigenvalue weighted by Gasteiger charge is -2.04. The molecule has 0 bridgehead atoms. The predicted octanol–water partition coefficient (Wildman–Crippen LogP) is 5.12. The van der Waals surface area contributed by atoms with Gasteiger partial charge >= 0.3 is 0 Å². The van der Waals surface area contributed by atoms with E-state index in [1.807, 2.05) is 24.3 Å². The normalized spacial score (nSPS) is 18.3. The van der Waals surface area contributed by atoms with Crippen LogP contribution in [0.5, 0.6) is 0 Å². The first-order valence-corrected chi connectivity index (χ1v) is 9.29. The molecule has 27 heavy (non-hydrogen) atoms. The maximum atomic E-state index is 13.3. The van der Waals surface area contributed by atoms with Crippen molar-refractivity contribution in [3.8, 4) is 0 Å². The molecule has 1 saturated carbocycles. The summed E-state index contributed by atoms with van der Waals surface area (Å²) in [5.74, 6) is -0.0000290. The third-order valence-corrected chi connectivity index (χ3v) is 5.15. The maximum absolute atomic E-state index is 13.3. The number of carbonyl (C=O) groups excluding carboxylic acids is 1. The molecule has 0 aliphatic heterocycles. The zero-order valence-electron chi connectivity index (χ0n) is 14.2. The van der Waals surface area contributed by atoms with Crippen LogP contribution in [0.3, 0.4) is 0 Å². The zero-order valence-corrected chi connectivity index (χ0v) is 15.7. The van der Waals surface area contributed by atoms with Crippen LogP contribution in [0.15, 0.2) is 54.7 Å². The van der Waals surface area contributed by atoms with E-state index in [1.54, 1.807) is 23.0 Å². The van der Waals surface area contributed by atoms with Gasteiger partial charge in [0, 0.05) is 17.1 Å². The minimum Gasteiger partial charge on any atom is -0.308 e. The summed E-state index contributed by atoms with van der Waals surface area (Å²) in [5, 5.41) is 8.13. The van der Waals surface area contributed by atoms with Crippen LogP contribution in [0.4, 0.5) is 10.2 Å². The van der Waals surface area contributed by atoms with E-state index < -0.39 is 0 Å². The van der Waals surface area contributed by atoms with Crippen LogP contribution >= 0.6 is 23.2 Å². The second kappa shape index (κ2) is 7.33. The third kappa shape index (κ3) is 4.15. The summed E-state index contributed by atoms with van der Waals surface area (Å²) in [5.41, 5.74) is 1.86. The Labute approximate surface area is 165 Å². The molecular formula is C20H16Cl2FN3O. The lowest BCUT2D eigenvalue weighted by molar-refractivity contribution is -0.117. The van der Waals surface area contributed by atoms with Gasteiger partial charge in [-0.15, -0.1) is 0 Å². The lowest BCUT2D eigenvalue weighted by atomic mass is 10.1. The standard InChI is InChI=1S/C20H16Cl2FN3O/c21-14-6-4-13(5-7-14)16-9-17(16)20(27)24-19-18(22)11-26(25-19)10-12-2-1-3-15(23)8-12/h1-8,11,16-17H,9-10H2,(H,24,25,27). The van der Waals surface area contributed by atoms with Gasteiger partial charge in [-0.1, -0.05) is 47.5 Å². The van der Waals surface area contributed by atoms with Gasteiger partial charge in [-0.3, -0.25) is 9.48 Å². The number of hydrogen-bond donors (Lipinski definition) is 1. The van der Waals surface area contributed by atoms with Crippen molar-refractivity contribution in [2.45, 2.75) is 18.9 Å². The second-order valence-electron chi connectivity index (χ2n) is 6.64.